The highest BCUT2D eigenvalue weighted by molar-refractivity contribution is 7.89. The van der Waals surface area contributed by atoms with Gasteiger partial charge in [-0.3, -0.25) is 0 Å². The van der Waals surface area contributed by atoms with Crippen molar-refractivity contribution >= 4 is 34.0 Å². The molecule has 4 nitrogen and oxygen atoms in total. The minimum absolute atomic E-state index is 0. The van der Waals surface area contributed by atoms with E-state index in [4.69, 9.17) is 17.3 Å². The Labute approximate surface area is 144 Å². The third-order valence-electron chi connectivity index (χ3n) is 4.15. The van der Waals surface area contributed by atoms with Crippen LogP contribution in [-0.4, -0.2) is 31.9 Å². The largest absolute Gasteiger partial charge is 0.330 e. The highest BCUT2D eigenvalue weighted by Gasteiger charge is 2.38. The normalized spacial score (nSPS) is 22.8. The van der Waals surface area contributed by atoms with Gasteiger partial charge in [0.05, 0.1) is 5.02 Å². The van der Waals surface area contributed by atoms with Gasteiger partial charge < -0.3 is 5.73 Å². The van der Waals surface area contributed by atoms with Crippen molar-refractivity contribution in [3.63, 3.8) is 0 Å². The third-order valence-corrected chi connectivity index (χ3v) is 6.61. The SMILES string of the molecule is CC(C)c1ccc(Cl)c(S(=O)(=O)N2CC(CN)CC2C)c1.Cl. The highest BCUT2D eigenvalue weighted by atomic mass is 35.5. The van der Waals surface area contributed by atoms with Crippen LogP contribution in [0.3, 0.4) is 0 Å². The molecule has 2 unspecified atom stereocenters. The molecular formula is C15H24Cl2N2O2S. The first-order valence-corrected chi connectivity index (χ1v) is 9.10. The fourth-order valence-electron chi connectivity index (χ4n) is 2.82. The van der Waals surface area contributed by atoms with Crippen LogP contribution in [0, 0.1) is 5.92 Å². The predicted octanol–water partition coefficient (Wildman–Crippen LogP) is 3.24. The molecular weight excluding hydrogens is 343 g/mol. The number of hydrogen-bond acceptors (Lipinski definition) is 3. The number of rotatable bonds is 4. The van der Waals surface area contributed by atoms with E-state index in [-0.39, 0.29) is 40.2 Å². The van der Waals surface area contributed by atoms with Crippen LogP contribution in [0.1, 0.15) is 38.7 Å². The molecule has 0 aromatic heterocycles. The van der Waals surface area contributed by atoms with Crippen molar-refractivity contribution in [3.05, 3.63) is 28.8 Å². The zero-order chi connectivity index (χ0) is 15.8. The van der Waals surface area contributed by atoms with Crippen molar-refractivity contribution in [3.8, 4) is 0 Å². The van der Waals surface area contributed by atoms with E-state index in [1.54, 1.807) is 12.1 Å². The first kappa shape index (κ1) is 19.7. The number of benzene rings is 1. The molecule has 0 radical (unpaired) electrons. The van der Waals surface area contributed by atoms with E-state index >= 15 is 0 Å². The lowest BCUT2D eigenvalue weighted by Crippen LogP contribution is -2.34. The molecule has 2 rings (SSSR count). The maximum Gasteiger partial charge on any atom is 0.244 e. The van der Waals surface area contributed by atoms with Crippen LogP contribution < -0.4 is 5.73 Å². The molecule has 0 saturated carbocycles. The molecule has 7 heteroatoms. The van der Waals surface area contributed by atoms with Gasteiger partial charge in [-0.25, -0.2) is 8.42 Å². The summed E-state index contributed by atoms with van der Waals surface area (Å²) in [6.07, 6.45) is 0.803. The lowest BCUT2D eigenvalue weighted by molar-refractivity contribution is 0.404. The van der Waals surface area contributed by atoms with Gasteiger partial charge in [0.15, 0.2) is 0 Å². The van der Waals surface area contributed by atoms with Crippen LogP contribution in [0.15, 0.2) is 23.1 Å². The summed E-state index contributed by atoms with van der Waals surface area (Å²) < 4.78 is 27.3. The number of nitrogens with zero attached hydrogens (tertiary/aromatic N) is 1. The molecule has 1 saturated heterocycles. The predicted molar refractivity (Wildman–Crippen MR) is 93.3 cm³/mol. The van der Waals surface area contributed by atoms with Gasteiger partial charge in [0.2, 0.25) is 10.0 Å². The second-order valence-corrected chi connectivity index (χ2v) is 8.37. The molecule has 126 valence electrons. The van der Waals surface area contributed by atoms with Gasteiger partial charge in [-0.15, -0.1) is 12.4 Å². The van der Waals surface area contributed by atoms with Crippen molar-refractivity contribution in [1.29, 1.82) is 0 Å². The molecule has 0 spiro atoms. The van der Waals surface area contributed by atoms with Gasteiger partial charge in [0.25, 0.3) is 0 Å². The minimum Gasteiger partial charge on any atom is -0.330 e. The molecule has 22 heavy (non-hydrogen) atoms. The van der Waals surface area contributed by atoms with E-state index in [0.29, 0.717) is 13.1 Å². The molecule has 0 bridgehead atoms. The summed E-state index contributed by atoms with van der Waals surface area (Å²) in [4.78, 5) is 0.208. The number of halogens is 2. The summed E-state index contributed by atoms with van der Waals surface area (Å²) in [6.45, 7) is 6.97. The molecule has 1 aliphatic rings. The van der Waals surface area contributed by atoms with Crippen LogP contribution in [0.2, 0.25) is 5.02 Å². The highest BCUT2D eigenvalue weighted by Crippen LogP contribution is 2.33. The molecule has 1 aliphatic heterocycles. The smallest absolute Gasteiger partial charge is 0.244 e. The summed E-state index contributed by atoms with van der Waals surface area (Å²) >= 11 is 6.15. The Bertz CT molecular complexity index is 620. The fourth-order valence-corrected chi connectivity index (χ4v) is 5.05. The monoisotopic (exact) mass is 366 g/mol. The second-order valence-electron chi connectivity index (χ2n) is 6.11. The van der Waals surface area contributed by atoms with Gasteiger partial charge >= 0.3 is 0 Å². The first-order valence-electron chi connectivity index (χ1n) is 7.28. The van der Waals surface area contributed by atoms with Crippen LogP contribution in [-0.2, 0) is 10.0 Å². The topological polar surface area (TPSA) is 63.4 Å². The van der Waals surface area contributed by atoms with E-state index in [0.717, 1.165) is 12.0 Å². The Kier molecular flexibility index (Phi) is 6.72. The van der Waals surface area contributed by atoms with Gasteiger partial charge in [0, 0.05) is 12.6 Å². The molecule has 2 N–H and O–H groups in total. The Hall–Kier alpha value is -0.330. The van der Waals surface area contributed by atoms with Crippen molar-refractivity contribution in [2.75, 3.05) is 13.1 Å². The van der Waals surface area contributed by atoms with E-state index in [9.17, 15) is 8.42 Å². The zero-order valence-corrected chi connectivity index (χ0v) is 15.5. The molecule has 2 atom stereocenters. The molecule has 1 aromatic rings. The molecule has 1 aromatic carbocycles. The minimum atomic E-state index is -3.57. The van der Waals surface area contributed by atoms with Gasteiger partial charge in [-0.05, 0) is 49.4 Å². The molecule has 0 aliphatic carbocycles. The van der Waals surface area contributed by atoms with Crippen LogP contribution in [0.25, 0.3) is 0 Å². The van der Waals surface area contributed by atoms with Crippen molar-refractivity contribution in [2.45, 2.75) is 44.0 Å². The summed E-state index contributed by atoms with van der Waals surface area (Å²) in [6, 6.07) is 5.21. The van der Waals surface area contributed by atoms with E-state index < -0.39 is 10.0 Å². The maximum absolute atomic E-state index is 12.9. The third kappa shape index (κ3) is 3.77. The number of nitrogens with two attached hydrogens (primary N) is 1. The standard InChI is InChI=1S/C15H23ClN2O2S.ClH/c1-10(2)13-4-5-14(16)15(7-13)21(19,20)18-9-12(8-17)6-11(18)3;/h4-5,7,10-12H,6,8-9,17H2,1-3H3;1H. The lowest BCUT2D eigenvalue weighted by atomic mass is 10.0. The van der Waals surface area contributed by atoms with E-state index in [1.807, 2.05) is 26.8 Å². The summed E-state index contributed by atoms with van der Waals surface area (Å²) in [5.74, 6) is 0.478. The van der Waals surface area contributed by atoms with Gasteiger partial charge in [-0.1, -0.05) is 31.5 Å². The fraction of sp³-hybridized carbons (Fsp3) is 0.600. The quantitative estimate of drug-likeness (QED) is 0.889. The summed E-state index contributed by atoms with van der Waals surface area (Å²) in [7, 11) is -3.57. The Balaban J connectivity index is 0.00000242. The Morgan fingerprint density at radius 3 is 2.55 bits per heavy atom. The van der Waals surface area contributed by atoms with E-state index in [2.05, 4.69) is 0 Å². The summed E-state index contributed by atoms with van der Waals surface area (Å²) in [5.41, 5.74) is 6.66. The zero-order valence-electron chi connectivity index (χ0n) is 13.1. The maximum atomic E-state index is 12.9. The number of sulfonamides is 1. The van der Waals surface area contributed by atoms with Crippen molar-refractivity contribution in [2.24, 2.45) is 11.7 Å². The van der Waals surface area contributed by atoms with Crippen LogP contribution in [0.4, 0.5) is 0 Å². The average molecular weight is 367 g/mol. The average Bonchev–Trinajstić information content (AvgIpc) is 2.80. The first-order chi connectivity index (χ1) is 9.77. The van der Waals surface area contributed by atoms with Crippen molar-refractivity contribution in [1.82, 2.24) is 4.31 Å². The van der Waals surface area contributed by atoms with Crippen molar-refractivity contribution < 1.29 is 8.42 Å². The second kappa shape index (κ2) is 7.49. The Morgan fingerprint density at radius 2 is 2.05 bits per heavy atom. The van der Waals surface area contributed by atoms with Crippen LogP contribution >= 0.6 is 24.0 Å². The molecule has 0 amide bonds. The van der Waals surface area contributed by atoms with E-state index in [1.165, 1.54) is 4.31 Å². The Morgan fingerprint density at radius 1 is 1.41 bits per heavy atom. The lowest BCUT2D eigenvalue weighted by Gasteiger charge is -2.22. The molecule has 1 heterocycles. The van der Waals surface area contributed by atoms with Gasteiger partial charge in [0.1, 0.15) is 4.90 Å². The summed E-state index contributed by atoms with van der Waals surface area (Å²) in [5, 5.41) is 0.280. The van der Waals surface area contributed by atoms with Crippen LogP contribution in [0.5, 0.6) is 0 Å². The van der Waals surface area contributed by atoms with Gasteiger partial charge in [-0.2, -0.15) is 4.31 Å². The number of hydrogen-bond donors (Lipinski definition) is 1. The molecule has 1 fully saturated rings.